The number of halogens is 2. The molecule has 0 aliphatic heterocycles. The molecule has 0 bridgehead atoms. The molecule has 0 saturated carbocycles. The van der Waals surface area contributed by atoms with E-state index in [1.165, 1.54) is 12.3 Å². The third kappa shape index (κ3) is 6.07. The second kappa shape index (κ2) is 9.63. The van der Waals surface area contributed by atoms with Gasteiger partial charge in [0.25, 0.3) is 0 Å². The van der Waals surface area contributed by atoms with Crippen LogP contribution in [-0.4, -0.2) is 30.8 Å². The van der Waals surface area contributed by atoms with Crippen LogP contribution >= 0.6 is 0 Å². The van der Waals surface area contributed by atoms with Crippen LogP contribution in [0.15, 0.2) is 52.1 Å². The van der Waals surface area contributed by atoms with Crippen molar-refractivity contribution in [2.24, 2.45) is 4.99 Å². The van der Waals surface area contributed by atoms with Crippen molar-refractivity contribution in [2.75, 3.05) is 13.1 Å². The van der Waals surface area contributed by atoms with Crippen LogP contribution < -0.4 is 15.4 Å². The second-order valence-corrected chi connectivity index (χ2v) is 5.09. The molecule has 6 nitrogen and oxygen atoms in total. The van der Waals surface area contributed by atoms with Gasteiger partial charge in [0, 0.05) is 12.1 Å². The maximum absolute atomic E-state index is 12.4. The molecule has 0 aliphatic carbocycles. The number of para-hydroxylation sites is 1. The standard InChI is InChI=1S/C17H21F2N3O3/c1-2-20-17(22-11-13(23)15-8-5-9-24-15)21-10-12-6-3-4-7-14(12)25-16(18)19/h3-9,13,16,23H,2,10-11H2,1H3,(H2,20,21,22). The minimum atomic E-state index is -2.89. The van der Waals surface area contributed by atoms with E-state index in [-0.39, 0.29) is 18.8 Å². The molecule has 8 heteroatoms. The lowest BCUT2D eigenvalue weighted by Crippen LogP contribution is -2.39. The van der Waals surface area contributed by atoms with Crippen LogP contribution in [-0.2, 0) is 6.54 Å². The van der Waals surface area contributed by atoms with Crippen LogP contribution in [0.1, 0.15) is 24.4 Å². The number of furan rings is 1. The molecule has 2 rings (SSSR count). The number of hydrogen-bond acceptors (Lipinski definition) is 4. The lowest BCUT2D eigenvalue weighted by molar-refractivity contribution is -0.0504. The first-order valence-corrected chi connectivity index (χ1v) is 7.86. The molecule has 0 aliphatic rings. The third-order valence-corrected chi connectivity index (χ3v) is 3.27. The number of aliphatic hydroxyl groups excluding tert-OH is 1. The van der Waals surface area contributed by atoms with Crippen LogP contribution in [0.25, 0.3) is 0 Å². The van der Waals surface area contributed by atoms with E-state index < -0.39 is 12.7 Å². The molecule has 1 aromatic carbocycles. The van der Waals surface area contributed by atoms with E-state index in [0.717, 1.165) is 0 Å². The summed E-state index contributed by atoms with van der Waals surface area (Å²) in [6, 6.07) is 9.85. The summed E-state index contributed by atoms with van der Waals surface area (Å²) < 4.78 is 34.5. The fourth-order valence-electron chi connectivity index (χ4n) is 2.13. The number of nitrogens with zero attached hydrogens (tertiary/aromatic N) is 1. The zero-order valence-electron chi connectivity index (χ0n) is 13.8. The van der Waals surface area contributed by atoms with Crippen LogP contribution in [0, 0.1) is 0 Å². The SMILES string of the molecule is CCNC(=NCc1ccccc1OC(F)F)NCC(O)c1ccco1. The number of guanidine groups is 1. The third-order valence-electron chi connectivity index (χ3n) is 3.27. The van der Waals surface area contributed by atoms with Gasteiger partial charge in [-0.3, -0.25) is 0 Å². The first-order chi connectivity index (χ1) is 12.1. The molecular weight excluding hydrogens is 332 g/mol. The Balaban J connectivity index is 1.99. The minimum absolute atomic E-state index is 0.0905. The minimum Gasteiger partial charge on any atom is -0.467 e. The number of aliphatic hydroxyl groups is 1. The molecule has 1 aromatic heterocycles. The molecule has 1 atom stereocenters. The van der Waals surface area contributed by atoms with Crippen molar-refractivity contribution in [2.45, 2.75) is 26.2 Å². The topological polar surface area (TPSA) is 79.0 Å². The molecule has 1 unspecified atom stereocenters. The van der Waals surface area contributed by atoms with Crippen LogP contribution in [0.3, 0.4) is 0 Å². The highest BCUT2D eigenvalue weighted by Gasteiger charge is 2.12. The number of hydrogen-bond donors (Lipinski definition) is 3. The van der Waals surface area contributed by atoms with E-state index in [2.05, 4.69) is 20.4 Å². The second-order valence-electron chi connectivity index (χ2n) is 5.09. The van der Waals surface area contributed by atoms with Gasteiger partial charge in [-0.2, -0.15) is 8.78 Å². The lowest BCUT2D eigenvalue weighted by atomic mass is 10.2. The van der Waals surface area contributed by atoms with Gasteiger partial charge in [-0.25, -0.2) is 4.99 Å². The van der Waals surface area contributed by atoms with Gasteiger partial charge in [-0.05, 0) is 25.1 Å². The van der Waals surface area contributed by atoms with E-state index in [0.29, 0.717) is 23.8 Å². The van der Waals surface area contributed by atoms with Crippen molar-refractivity contribution in [1.82, 2.24) is 10.6 Å². The molecule has 2 aromatic rings. The largest absolute Gasteiger partial charge is 0.467 e. The summed E-state index contributed by atoms with van der Waals surface area (Å²) in [6.07, 6.45) is 0.658. The van der Waals surface area contributed by atoms with Crippen molar-refractivity contribution in [1.29, 1.82) is 0 Å². The number of alkyl halides is 2. The van der Waals surface area contributed by atoms with Gasteiger partial charge in [0.15, 0.2) is 5.96 Å². The van der Waals surface area contributed by atoms with E-state index in [4.69, 9.17) is 4.42 Å². The highest BCUT2D eigenvalue weighted by Crippen LogP contribution is 2.21. The Bertz CT molecular complexity index is 663. The number of benzene rings is 1. The van der Waals surface area contributed by atoms with Crippen LogP contribution in [0.2, 0.25) is 0 Å². The average molecular weight is 353 g/mol. The van der Waals surface area contributed by atoms with Crippen LogP contribution in [0.5, 0.6) is 5.75 Å². The molecule has 0 spiro atoms. The summed E-state index contributed by atoms with van der Waals surface area (Å²) in [6.45, 7) is -0.0462. The summed E-state index contributed by atoms with van der Waals surface area (Å²) in [5.74, 6) is 0.978. The Morgan fingerprint density at radius 1 is 1.24 bits per heavy atom. The van der Waals surface area contributed by atoms with Gasteiger partial charge in [0.05, 0.1) is 19.4 Å². The summed E-state index contributed by atoms with van der Waals surface area (Å²) in [4.78, 5) is 4.33. The quantitative estimate of drug-likeness (QED) is 0.502. The van der Waals surface area contributed by atoms with Crippen molar-refractivity contribution >= 4 is 5.96 Å². The predicted octanol–water partition coefficient (Wildman–Crippen LogP) is 2.67. The van der Waals surface area contributed by atoms with Crippen molar-refractivity contribution in [3.8, 4) is 5.75 Å². The number of ether oxygens (including phenoxy) is 1. The Kier molecular flexibility index (Phi) is 7.21. The molecule has 0 amide bonds. The highest BCUT2D eigenvalue weighted by atomic mass is 19.3. The Labute approximate surface area is 144 Å². The number of aliphatic imine (C=N–C) groups is 1. The molecule has 25 heavy (non-hydrogen) atoms. The maximum Gasteiger partial charge on any atom is 0.387 e. The van der Waals surface area contributed by atoms with Crippen molar-refractivity contribution in [3.05, 3.63) is 54.0 Å². The molecule has 0 fully saturated rings. The van der Waals surface area contributed by atoms with E-state index in [1.54, 1.807) is 30.3 Å². The van der Waals surface area contributed by atoms with Gasteiger partial charge >= 0.3 is 6.61 Å². The summed E-state index contributed by atoms with van der Waals surface area (Å²) in [5.41, 5.74) is 0.534. The van der Waals surface area contributed by atoms with E-state index in [9.17, 15) is 13.9 Å². The Morgan fingerprint density at radius 2 is 2.04 bits per heavy atom. The average Bonchev–Trinajstić information content (AvgIpc) is 3.12. The van der Waals surface area contributed by atoms with E-state index >= 15 is 0 Å². The molecular formula is C17H21F2N3O3. The summed E-state index contributed by atoms with van der Waals surface area (Å²) in [7, 11) is 0. The maximum atomic E-state index is 12.4. The zero-order chi connectivity index (χ0) is 18.1. The van der Waals surface area contributed by atoms with Gasteiger partial charge in [-0.1, -0.05) is 18.2 Å². The van der Waals surface area contributed by atoms with Gasteiger partial charge in [0.1, 0.15) is 17.6 Å². The van der Waals surface area contributed by atoms with Gasteiger partial charge < -0.3 is 24.9 Å². The molecule has 136 valence electrons. The van der Waals surface area contributed by atoms with Gasteiger partial charge in [0.2, 0.25) is 0 Å². The Hall–Kier alpha value is -2.61. The number of rotatable bonds is 8. The molecule has 1 heterocycles. The smallest absolute Gasteiger partial charge is 0.387 e. The highest BCUT2D eigenvalue weighted by molar-refractivity contribution is 5.79. The Morgan fingerprint density at radius 3 is 2.72 bits per heavy atom. The van der Waals surface area contributed by atoms with Crippen molar-refractivity contribution in [3.63, 3.8) is 0 Å². The first-order valence-electron chi connectivity index (χ1n) is 7.86. The molecule has 3 N–H and O–H groups in total. The summed E-state index contributed by atoms with van der Waals surface area (Å²) >= 11 is 0. The lowest BCUT2D eigenvalue weighted by Gasteiger charge is -2.14. The van der Waals surface area contributed by atoms with Crippen LogP contribution in [0.4, 0.5) is 8.78 Å². The normalized spacial score (nSPS) is 12.9. The predicted molar refractivity (Wildman–Crippen MR) is 89.6 cm³/mol. The number of nitrogens with one attached hydrogen (secondary N) is 2. The first kappa shape index (κ1) is 18.7. The monoisotopic (exact) mass is 353 g/mol. The van der Waals surface area contributed by atoms with Crippen molar-refractivity contribution < 1.29 is 23.0 Å². The van der Waals surface area contributed by atoms with E-state index in [1.807, 2.05) is 6.92 Å². The fraction of sp³-hybridized carbons (Fsp3) is 0.353. The fourth-order valence-corrected chi connectivity index (χ4v) is 2.13. The van der Waals surface area contributed by atoms with Gasteiger partial charge in [-0.15, -0.1) is 0 Å². The zero-order valence-corrected chi connectivity index (χ0v) is 13.8. The molecule has 0 radical (unpaired) electrons. The summed E-state index contributed by atoms with van der Waals surface area (Å²) in [5, 5.41) is 16.0. The molecule has 0 saturated heterocycles.